The summed E-state index contributed by atoms with van der Waals surface area (Å²) in [5.74, 6) is -0.464. The molecule has 0 radical (unpaired) electrons. The Kier molecular flexibility index (Phi) is 4.89. The number of fused-ring (bicyclic) bond motifs is 1. The Morgan fingerprint density at radius 1 is 0.906 bits per heavy atom. The van der Waals surface area contributed by atoms with Crippen molar-refractivity contribution in [3.05, 3.63) is 87.2 Å². The molecular formula is C22H18F2N6O2. The molecule has 0 amide bonds. The molecule has 1 aliphatic rings. The maximum atomic E-state index is 14.1. The summed E-state index contributed by atoms with van der Waals surface area (Å²) in [5.41, 5.74) is -0.582. The first-order valence-electron chi connectivity index (χ1n) is 10.0. The Morgan fingerprint density at radius 2 is 1.66 bits per heavy atom. The SMILES string of the molecule is O=c1[nH]c2nc(N3CCN(c4ccccc4F)CC3)ncc2c(=O)n1-c1cccc(F)c1. The van der Waals surface area contributed by atoms with Crippen molar-refractivity contribution in [2.24, 2.45) is 0 Å². The molecule has 0 atom stereocenters. The predicted octanol–water partition coefficient (Wildman–Crippen LogP) is 2.07. The van der Waals surface area contributed by atoms with Gasteiger partial charge >= 0.3 is 5.69 Å². The summed E-state index contributed by atoms with van der Waals surface area (Å²) in [6.07, 6.45) is 1.36. The van der Waals surface area contributed by atoms with E-state index in [0.29, 0.717) is 37.8 Å². The van der Waals surface area contributed by atoms with Gasteiger partial charge in [-0.15, -0.1) is 0 Å². The summed E-state index contributed by atoms with van der Waals surface area (Å²) in [5, 5.41) is 0.114. The van der Waals surface area contributed by atoms with Crippen molar-refractivity contribution in [1.82, 2.24) is 19.5 Å². The molecule has 1 saturated heterocycles. The van der Waals surface area contributed by atoms with Crippen LogP contribution in [0.4, 0.5) is 20.4 Å². The Morgan fingerprint density at radius 3 is 2.41 bits per heavy atom. The highest BCUT2D eigenvalue weighted by Crippen LogP contribution is 2.21. The summed E-state index contributed by atoms with van der Waals surface area (Å²) < 4.78 is 28.5. The number of H-pyrrole nitrogens is 1. The minimum Gasteiger partial charge on any atom is -0.366 e. The average Bonchev–Trinajstić information content (AvgIpc) is 2.79. The van der Waals surface area contributed by atoms with Gasteiger partial charge in [-0.1, -0.05) is 18.2 Å². The number of nitrogens with one attached hydrogen (secondary N) is 1. The number of aromatic amines is 1. The van der Waals surface area contributed by atoms with Gasteiger partial charge in [-0.2, -0.15) is 4.98 Å². The third-order valence-corrected chi connectivity index (χ3v) is 5.46. The Balaban J connectivity index is 1.44. The topological polar surface area (TPSA) is 87.1 Å². The molecule has 1 N–H and O–H groups in total. The van der Waals surface area contributed by atoms with E-state index in [1.165, 1.54) is 30.5 Å². The Labute approximate surface area is 180 Å². The predicted molar refractivity (Wildman–Crippen MR) is 117 cm³/mol. The molecule has 1 aliphatic heterocycles. The average molecular weight is 436 g/mol. The monoisotopic (exact) mass is 436 g/mol. The van der Waals surface area contributed by atoms with Crippen molar-refractivity contribution in [3.8, 4) is 5.69 Å². The van der Waals surface area contributed by atoms with E-state index in [-0.39, 0.29) is 22.5 Å². The molecule has 162 valence electrons. The molecule has 4 aromatic rings. The fraction of sp³-hybridized carbons (Fsp3) is 0.182. The fourth-order valence-corrected chi connectivity index (χ4v) is 3.85. The van der Waals surface area contributed by atoms with Crippen LogP contribution in [0.2, 0.25) is 0 Å². The van der Waals surface area contributed by atoms with E-state index >= 15 is 0 Å². The van der Waals surface area contributed by atoms with Crippen LogP contribution in [-0.4, -0.2) is 45.7 Å². The van der Waals surface area contributed by atoms with Gasteiger partial charge < -0.3 is 9.80 Å². The van der Waals surface area contributed by atoms with Gasteiger partial charge in [0.05, 0.1) is 11.4 Å². The molecule has 3 heterocycles. The number of benzene rings is 2. The fourth-order valence-electron chi connectivity index (χ4n) is 3.85. The van der Waals surface area contributed by atoms with Crippen molar-refractivity contribution < 1.29 is 8.78 Å². The van der Waals surface area contributed by atoms with E-state index in [9.17, 15) is 18.4 Å². The van der Waals surface area contributed by atoms with Crippen LogP contribution >= 0.6 is 0 Å². The van der Waals surface area contributed by atoms with Gasteiger partial charge in [0.2, 0.25) is 5.95 Å². The van der Waals surface area contributed by atoms with E-state index in [1.54, 1.807) is 18.2 Å². The molecular weight excluding hydrogens is 418 g/mol. The van der Waals surface area contributed by atoms with Crippen LogP contribution in [0.5, 0.6) is 0 Å². The number of hydrogen-bond donors (Lipinski definition) is 1. The maximum absolute atomic E-state index is 14.1. The quantitative estimate of drug-likeness (QED) is 0.529. The van der Waals surface area contributed by atoms with Crippen LogP contribution < -0.4 is 21.0 Å². The van der Waals surface area contributed by atoms with Crippen molar-refractivity contribution >= 4 is 22.7 Å². The highest BCUT2D eigenvalue weighted by atomic mass is 19.1. The van der Waals surface area contributed by atoms with E-state index in [4.69, 9.17) is 0 Å². The van der Waals surface area contributed by atoms with E-state index < -0.39 is 17.1 Å². The van der Waals surface area contributed by atoms with Crippen molar-refractivity contribution in [1.29, 1.82) is 0 Å². The highest BCUT2D eigenvalue weighted by Gasteiger charge is 2.22. The second-order valence-corrected chi connectivity index (χ2v) is 7.41. The van der Waals surface area contributed by atoms with Gasteiger partial charge in [-0.25, -0.2) is 23.1 Å². The van der Waals surface area contributed by atoms with Gasteiger partial charge in [0.1, 0.15) is 17.0 Å². The first-order valence-corrected chi connectivity index (χ1v) is 10.0. The first kappa shape index (κ1) is 19.9. The minimum absolute atomic E-state index is 0.106. The summed E-state index contributed by atoms with van der Waals surface area (Å²) in [7, 11) is 0. The van der Waals surface area contributed by atoms with Crippen LogP contribution in [0.25, 0.3) is 16.7 Å². The standard InChI is InChI=1S/C22H18F2N6O2/c23-14-4-3-5-15(12-14)30-20(31)16-13-25-21(26-19(16)27-22(30)32)29-10-8-28(9-11-29)18-7-2-1-6-17(18)24/h1-7,12-13H,8-11H2,(H,25,26,27,32). The molecule has 0 bridgehead atoms. The van der Waals surface area contributed by atoms with Gasteiger partial charge in [-0.3, -0.25) is 9.78 Å². The van der Waals surface area contributed by atoms with E-state index in [2.05, 4.69) is 15.0 Å². The molecule has 1 fully saturated rings. The summed E-state index contributed by atoms with van der Waals surface area (Å²) in [6, 6.07) is 11.8. The van der Waals surface area contributed by atoms with Gasteiger partial charge in [-0.05, 0) is 30.3 Å². The van der Waals surface area contributed by atoms with Crippen LogP contribution in [0.15, 0.2) is 64.3 Å². The third-order valence-electron chi connectivity index (χ3n) is 5.46. The zero-order chi connectivity index (χ0) is 22.2. The molecule has 0 spiro atoms. The van der Waals surface area contributed by atoms with Gasteiger partial charge in [0.15, 0.2) is 5.65 Å². The molecule has 0 aliphatic carbocycles. The largest absolute Gasteiger partial charge is 0.366 e. The molecule has 0 unspecified atom stereocenters. The molecule has 0 saturated carbocycles. The molecule has 8 nitrogen and oxygen atoms in total. The summed E-state index contributed by atoms with van der Waals surface area (Å²) in [6.45, 7) is 2.23. The smallest absolute Gasteiger partial charge is 0.334 e. The molecule has 2 aromatic carbocycles. The number of para-hydroxylation sites is 1. The molecule has 2 aromatic heterocycles. The first-order chi connectivity index (χ1) is 15.5. The molecule has 32 heavy (non-hydrogen) atoms. The zero-order valence-corrected chi connectivity index (χ0v) is 16.8. The number of aromatic nitrogens is 4. The van der Waals surface area contributed by atoms with Crippen LogP contribution in [0, 0.1) is 11.6 Å². The Bertz CT molecular complexity index is 1430. The highest BCUT2D eigenvalue weighted by molar-refractivity contribution is 5.73. The maximum Gasteiger partial charge on any atom is 0.334 e. The number of nitrogens with zero attached hydrogens (tertiary/aromatic N) is 5. The number of piperazine rings is 1. The number of halogens is 2. The van der Waals surface area contributed by atoms with Crippen molar-refractivity contribution in [2.75, 3.05) is 36.0 Å². The minimum atomic E-state index is -0.720. The number of rotatable bonds is 3. The van der Waals surface area contributed by atoms with E-state index in [0.717, 1.165) is 10.6 Å². The van der Waals surface area contributed by atoms with E-state index in [1.807, 2.05) is 9.80 Å². The van der Waals surface area contributed by atoms with Crippen molar-refractivity contribution in [2.45, 2.75) is 0 Å². The van der Waals surface area contributed by atoms with Crippen LogP contribution in [0.3, 0.4) is 0 Å². The lowest BCUT2D eigenvalue weighted by Crippen LogP contribution is -2.47. The molecule has 5 rings (SSSR count). The normalized spacial score (nSPS) is 14.2. The van der Waals surface area contributed by atoms with Crippen LogP contribution in [0.1, 0.15) is 0 Å². The second kappa shape index (κ2) is 7.88. The van der Waals surface area contributed by atoms with Gasteiger partial charge in [0, 0.05) is 32.4 Å². The Hall–Kier alpha value is -4.08. The van der Waals surface area contributed by atoms with Gasteiger partial charge in [0.25, 0.3) is 5.56 Å². The lowest BCUT2D eigenvalue weighted by Gasteiger charge is -2.36. The zero-order valence-electron chi connectivity index (χ0n) is 16.8. The van der Waals surface area contributed by atoms with Crippen molar-refractivity contribution in [3.63, 3.8) is 0 Å². The summed E-state index contributed by atoms with van der Waals surface area (Å²) >= 11 is 0. The third kappa shape index (κ3) is 3.49. The second-order valence-electron chi connectivity index (χ2n) is 7.41. The molecule has 10 heteroatoms. The number of hydrogen-bond acceptors (Lipinski definition) is 6. The van der Waals surface area contributed by atoms with Crippen LogP contribution in [-0.2, 0) is 0 Å². The lowest BCUT2D eigenvalue weighted by molar-refractivity contribution is 0.594. The summed E-state index contributed by atoms with van der Waals surface area (Å²) in [4.78, 5) is 40.5. The lowest BCUT2D eigenvalue weighted by atomic mass is 10.2. The number of anilines is 2.